The summed E-state index contributed by atoms with van der Waals surface area (Å²) >= 11 is 0. The van der Waals surface area contributed by atoms with Crippen molar-refractivity contribution in [2.45, 2.75) is 18.2 Å². The van der Waals surface area contributed by atoms with E-state index in [1.54, 1.807) is 36.7 Å². The second-order valence-corrected chi connectivity index (χ2v) is 6.44. The van der Waals surface area contributed by atoms with E-state index in [1.807, 2.05) is 19.1 Å². The summed E-state index contributed by atoms with van der Waals surface area (Å²) in [6, 6.07) is 10.2. The molecule has 1 heterocycles. The highest BCUT2D eigenvalue weighted by atomic mass is 32.2. The molecule has 0 saturated heterocycles. The molecule has 0 radical (unpaired) electrons. The molecule has 0 spiro atoms. The van der Waals surface area contributed by atoms with E-state index in [1.165, 1.54) is 0 Å². The summed E-state index contributed by atoms with van der Waals surface area (Å²) in [6.07, 6.45) is 3.82. The van der Waals surface area contributed by atoms with Crippen LogP contribution in [0, 0.1) is 0 Å². The number of sulfone groups is 1. The minimum Gasteiger partial charge on any atom is -0.494 e. The van der Waals surface area contributed by atoms with Crippen LogP contribution in [0.5, 0.6) is 5.75 Å². The first-order valence-electron chi connectivity index (χ1n) is 6.46. The summed E-state index contributed by atoms with van der Waals surface area (Å²) in [5, 5.41) is 0. The maximum atomic E-state index is 12.2. The Bertz CT molecular complexity index is 637. The van der Waals surface area contributed by atoms with Crippen LogP contribution in [0.3, 0.4) is 0 Å². The van der Waals surface area contributed by atoms with Crippen molar-refractivity contribution in [3.63, 3.8) is 0 Å². The molecule has 1 aromatic heterocycles. The molecule has 0 atom stereocenters. The first-order chi connectivity index (χ1) is 9.62. The van der Waals surface area contributed by atoms with Crippen LogP contribution in [-0.2, 0) is 16.3 Å². The van der Waals surface area contributed by atoms with Gasteiger partial charge < -0.3 is 4.74 Å². The molecule has 20 heavy (non-hydrogen) atoms. The normalized spacial score (nSPS) is 11.2. The van der Waals surface area contributed by atoms with E-state index in [9.17, 15) is 8.42 Å². The van der Waals surface area contributed by atoms with Gasteiger partial charge in [0.15, 0.2) is 9.84 Å². The number of nitrogens with zero attached hydrogens (tertiary/aromatic N) is 1. The highest BCUT2D eigenvalue weighted by Gasteiger charge is 2.14. The lowest BCUT2D eigenvalue weighted by atomic mass is 10.2. The molecule has 0 amide bonds. The average molecular weight is 291 g/mol. The molecule has 2 aromatic rings. The predicted octanol–water partition coefficient (Wildman–Crippen LogP) is 2.50. The Morgan fingerprint density at radius 2 is 1.70 bits per heavy atom. The van der Waals surface area contributed by atoms with Gasteiger partial charge in [0.2, 0.25) is 0 Å². The highest BCUT2D eigenvalue weighted by Crippen LogP contribution is 2.18. The van der Waals surface area contributed by atoms with Crippen molar-refractivity contribution in [3.05, 3.63) is 54.4 Å². The molecule has 106 valence electrons. The molecule has 0 aliphatic rings. The molecule has 0 N–H and O–H groups in total. The number of benzene rings is 1. The van der Waals surface area contributed by atoms with Crippen molar-refractivity contribution in [2.24, 2.45) is 0 Å². The van der Waals surface area contributed by atoms with Crippen LogP contribution in [0.15, 0.2) is 53.7 Å². The van der Waals surface area contributed by atoms with Crippen LogP contribution in [0.4, 0.5) is 0 Å². The van der Waals surface area contributed by atoms with Gasteiger partial charge in [-0.2, -0.15) is 0 Å². The molecule has 4 nitrogen and oxygen atoms in total. The van der Waals surface area contributed by atoms with Crippen molar-refractivity contribution in [2.75, 3.05) is 12.4 Å². The Balaban J connectivity index is 2.06. The third-order valence-corrected chi connectivity index (χ3v) is 4.63. The van der Waals surface area contributed by atoms with Gasteiger partial charge in [0.25, 0.3) is 0 Å². The third kappa shape index (κ3) is 3.81. The maximum Gasteiger partial charge on any atom is 0.178 e. The van der Waals surface area contributed by atoms with Crippen molar-refractivity contribution in [1.29, 1.82) is 0 Å². The van der Waals surface area contributed by atoms with Crippen molar-refractivity contribution >= 4 is 9.84 Å². The Kier molecular flexibility index (Phi) is 4.74. The fourth-order valence-electron chi connectivity index (χ4n) is 1.83. The number of aryl methyl sites for hydroxylation is 1. The summed E-state index contributed by atoms with van der Waals surface area (Å²) < 4.78 is 29.7. The standard InChI is InChI=1S/C15H17NO3S/c1-2-19-14-3-5-15(6-4-14)20(17,18)12-9-13-7-10-16-11-8-13/h3-8,10-11H,2,9,12H2,1H3. The molecule has 1 aromatic carbocycles. The zero-order valence-electron chi connectivity index (χ0n) is 11.3. The van der Waals surface area contributed by atoms with Crippen LogP contribution in [0.1, 0.15) is 12.5 Å². The van der Waals surface area contributed by atoms with E-state index < -0.39 is 9.84 Å². The molecule has 0 fully saturated rings. The maximum absolute atomic E-state index is 12.2. The Hall–Kier alpha value is -1.88. The fourth-order valence-corrected chi connectivity index (χ4v) is 3.12. The van der Waals surface area contributed by atoms with Crippen LogP contribution >= 0.6 is 0 Å². The van der Waals surface area contributed by atoms with E-state index >= 15 is 0 Å². The van der Waals surface area contributed by atoms with Crippen molar-refractivity contribution in [3.8, 4) is 5.75 Å². The molecular formula is C15H17NO3S. The Morgan fingerprint density at radius 1 is 1.05 bits per heavy atom. The topological polar surface area (TPSA) is 56.3 Å². The van der Waals surface area contributed by atoms with Crippen molar-refractivity contribution in [1.82, 2.24) is 4.98 Å². The number of aromatic nitrogens is 1. The predicted molar refractivity (Wildman–Crippen MR) is 77.6 cm³/mol. The van der Waals surface area contributed by atoms with Crippen molar-refractivity contribution < 1.29 is 13.2 Å². The molecule has 0 saturated carbocycles. The fraction of sp³-hybridized carbons (Fsp3) is 0.267. The van der Waals surface area contributed by atoms with Gasteiger partial charge in [-0.1, -0.05) is 0 Å². The molecule has 0 aliphatic heterocycles. The molecule has 2 rings (SSSR count). The first kappa shape index (κ1) is 14.5. The lowest BCUT2D eigenvalue weighted by Gasteiger charge is -2.06. The Morgan fingerprint density at radius 3 is 2.30 bits per heavy atom. The summed E-state index contributed by atoms with van der Waals surface area (Å²) in [5.41, 5.74) is 0.967. The quantitative estimate of drug-likeness (QED) is 0.820. The summed E-state index contributed by atoms with van der Waals surface area (Å²) in [5.74, 6) is 0.769. The molecular weight excluding hydrogens is 274 g/mol. The number of rotatable bonds is 6. The average Bonchev–Trinajstić information content (AvgIpc) is 2.47. The minimum atomic E-state index is -3.27. The SMILES string of the molecule is CCOc1ccc(S(=O)(=O)CCc2ccncc2)cc1. The smallest absolute Gasteiger partial charge is 0.178 e. The second kappa shape index (κ2) is 6.52. The zero-order valence-corrected chi connectivity index (χ0v) is 12.1. The van der Waals surface area contributed by atoms with Gasteiger partial charge in [-0.25, -0.2) is 8.42 Å². The third-order valence-electron chi connectivity index (χ3n) is 2.90. The molecule has 0 bridgehead atoms. The lowest BCUT2D eigenvalue weighted by Crippen LogP contribution is -2.09. The van der Waals surface area contributed by atoms with Gasteiger partial charge >= 0.3 is 0 Å². The zero-order chi connectivity index (χ0) is 14.4. The van der Waals surface area contributed by atoms with Gasteiger partial charge in [-0.15, -0.1) is 0 Å². The minimum absolute atomic E-state index is 0.0883. The van der Waals surface area contributed by atoms with Crippen LogP contribution in [0.2, 0.25) is 0 Å². The number of ether oxygens (including phenoxy) is 1. The van der Waals surface area contributed by atoms with E-state index in [0.29, 0.717) is 23.7 Å². The second-order valence-electron chi connectivity index (χ2n) is 4.33. The monoisotopic (exact) mass is 291 g/mol. The van der Waals surface area contributed by atoms with E-state index in [2.05, 4.69) is 4.98 Å². The van der Waals surface area contributed by atoms with E-state index in [4.69, 9.17) is 4.74 Å². The summed E-state index contributed by atoms with van der Waals surface area (Å²) in [6.45, 7) is 2.45. The van der Waals surface area contributed by atoms with E-state index in [0.717, 1.165) is 5.56 Å². The Labute approximate surface area is 119 Å². The molecule has 0 unspecified atom stereocenters. The summed E-state index contributed by atoms with van der Waals surface area (Å²) in [7, 11) is -3.27. The first-order valence-corrected chi connectivity index (χ1v) is 8.11. The van der Waals surface area contributed by atoms with Gasteiger partial charge in [0.1, 0.15) is 5.75 Å². The van der Waals surface area contributed by atoms with Gasteiger partial charge in [-0.3, -0.25) is 4.98 Å². The number of pyridine rings is 1. The lowest BCUT2D eigenvalue weighted by molar-refractivity contribution is 0.340. The van der Waals surface area contributed by atoms with Crippen LogP contribution in [0.25, 0.3) is 0 Å². The van der Waals surface area contributed by atoms with Gasteiger partial charge in [0, 0.05) is 12.4 Å². The van der Waals surface area contributed by atoms with Gasteiger partial charge in [-0.05, 0) is 55.3 Å². The molecule has 5 heteroatoms. The van der Waals surface area contributed by atoms with Crippen LogP contribution in [-0.4, -0.2) is 25.8 Å². The largest absolute Gasteiger partial charge is 0.494 e. The highest BCUT2D eigenvalue weighted by molar-refractivity contribution is 7.91. The van der Waals surface area contributed by atoms with E-state index in [-0.39, 0.29) is 5.75 Å². The van der Waals surface area contributed by atoms with Gasteiger partial charge in [0.05, 0.1) is 17.3 Å². The number of hydrogen-bond acceptors (Lipinski definition) is 4. The summed E-state index contributed by atoms with van der Waals surface area (Å²) in [4.78, 5) is 4.24. The van der Waals surface area contributed by atoms with Crippen LogP contribution < -0.4 is 4.74 Å². The molecule has 0 aliphatic carbocycles. The number of hydrogen-bond donors (Lipinski definition) is 0.